The Hall–Kier alpha value is -3.58. The number of rotatable bonds is 10. The molecule has 3 aromatic rings. The van der Waals surface area contributed by atoms with Gasteiger partial charge in [-0.15, -0.1) is 0 Å². The Morgan fingerprint density at radius 1 is 1.10 bits per heavy atom. The van der Waals surface area contributed by atoms with Crippen LogP contribution in [0.5, 0.6) is 0 Å². The monoisotopic (exact) mass is 565 g/mol. The number of nitrogens with zero attached hydrogens (tertiary/aromatic N) is 5. The van der Waals surface area contributed by atoms with Gasteiger partial charge < -0.3 is 10.6 Å². The van der Waals surface area contributed by atoms with Crippen LogP contribution in [0.25, 0.3) is 5.65 Å². The van der Waals surface area contributed by atoms with Gasteiger partial charge in [0, 0.05) is 25.2 Å². The molecule has 2 N–H and O–H groups in total. The number of hydrogen-bond donors (Lipinski definition) is 2. The normalized spacial score (nSPS) is 19.9. The maximum absolute atomic E-state index is 13.9. The average Bonchev–Trinajstić information content (AvgIpc) is 3.51. The zero-order valence-corrected chi connectivity index (χ0v) is 22.1. The topological polar surface area (TPSA) is 127 Å². The highest BCUT2D eigenvalue weighted by Gasteiger charge is 2.40. The second-order valence-electron chi connectivity index (χ2n) is 11.0. The number of aryl methyl sites for hydroxylation is 1. The summed E-state index contributed by atoms with van der Waals surface area (Å²) in [6, 6.07) is 0.670. The lowest BCUT2D eigenvalue weighted by molar-refractivity contribution is -0.124. The van der Waals surface area contributed by atoms with Crippen molar-refractivity contribution in [3.05, 3.63) is 41.1 Å². The molecule has 0 aliphatic heterocycles. The summed E-state index contributed by atoms with van der Waals surface area (Å²) in [6.45, 7) is 2.90. The molecule has 216 valence electrons. The van der Waals surface area contributed by atoms with E-state index < -0.39 is 42.2 Å². The minimum Gasteiger partial charge on any atom is -0.349 e. The van der Waals surface area contributed by atoms with Gasteiger partial charge in [0.15, 0.2) is 11.3 Å². The van der Waals surface area contributed by atoms with Crippen LogP contribution >= 0.6 is 0 Å². The minimum atomic E-state index is -2.75. The summed E-state index contributed by atoms with van der Waals surface area (Å²) in [5, 5.41) is 17.5. The minimum absolute atomic E-state index is 0.000471. The van der Waals surface area contributed by atoms with Gasteiger partial charge in [-0.1, -0.05) is 12.1 Å². The van der Waals surface area contributed by atoms with Gasteiger partial charge in [0.25, 0.3) is 5.91 Å². The molecule has 0 saturated heterocycles. The first-order chi connectivity index (χ1) is 19.0. The molecule has 5 rings (SSSR count). The van der Waals surface area contributed by atoms with Crippen LogP contribution in [0.1, 0.15) is 91.4 Å². The molecule has 2 saturated carbocycles. The molecule has 0 unspecified atom stereocenters. The Morgan fingerprint density at radius 2 is 1.80 bits per heavy atom. The van der Waals surface area contributed by atoms with Gasteiger partial charge in [-0.05, 0) is 61.2 Å². The second kappa shape index (κ2) is 11.1. The molecule has 2 fully saturated rings. The van der Waals surface area contributed by atoms with Crippen molar-refractivity contribution in [1.29, 1.82) is 0 Å². The smallest absolute Gasteiger partial charge is 0.276 e. The van der Waals surface area contributed by atoms with Crippen molar-refractivity contribution >= 4 is 17.5 Å². The molecule has 2 aliphatic carbocycles. The molecule has 3 aromatic heterocycles. The number of carbonyl (C=O) groups excluding carboxylic acids is 2. The number of alkyl halides is 4. The Morgan fingerprint density at radius 3 is 2.42 bits per heavy atom. The molecule has 0 aromatic carbocycles. The number of amides is 2. The lowest BCUT2D eigenvalue weighted by Gasteiger charge is -2.33. The third-order valence-electron chi connectivity index (χ3n) is 7.77. The summed E-state index contributed by atoms with van der Waals surface area (Å²) in [4.78, 5) is 30.1. The van der Waals surface area contributed by atoms with E-state index in [4.69, 9.17) is 0 Å². The largest absolute Gasteiger partial charge is 0.349 e. The number of hydrogen-bond acceptors (Lipinski definition) is 7. The zero-order chi connectivity index (χ0) is 28.6. The Balaban J connectivity index is 1.40. The van der Waals surface area contributed by atoms with E-state index in [1.807, 2.05) is 0 Å². The first-order valence-corrected chi connectivity index (χ1v) is 13.4. The summed E-state index contributed by atoms with van der Waals surface area (Å²) in [7, 11) is 0. The number of nitrogens with one attached hydrogen (secondary N) is 2. The van der Waals surface area contributed by atoms with Gasteiger partial charge in [-0.2, -0.15) is 5.10 Å². The number of fused-ring (bicyclic) bond motifs is 1. The van der Waals surface area contributed by atoms with E-state index in [2.05, 4.69) is 35.7 Å². The third kappa shape index (κ3) is 6.25. The van der Waals surface area contributed by atoms with Gasteiger partial charge in [-0.3, -0.25) is 9.59 Å². The third-order valence-corrected chi connectivity index (χ3v) is 7.77. The van der Waals surface area contributed by atoms with Gasteiger partial charge in [0.05, 0.1) is 30.2 Å². The van der Waals surface area contributed by atoms with Gasteiger partial charge in [0.1, 0.15) is 5.69 Å². The zero-order valence-electron chi connectivity index (χ0n) is 22.1. The fourth-order valence-electron chi connectivity index (χ4n) is 5.22. The Kier molecular flexibility index (Phi) is 7.78. The maximum Gasteiger partial charge on any atom is 0.276 e. The molecular formula is C26H31F4N7O3. The molecular weight excluding hydrogens is 534 g/mol. The van der Waals surface area contributed by atoms with E-state index in [1.165, 1.54) is 11.4 Å². The van der Waals surface area contributed by atoms with E-state index in [1.54, 1.807) is 25.4 Å². The summed E-state index contributed by atoms with van der Waals surface area (Å²) < 4.78 is 59.9. The highest BCUT2D eigenvalue weighted by Crippen LogP contribution is 2.43. The molecule has 2 aliphatic rings. The lowest BCUT2D eigenvalue weighted by Crippen LogP contribution is -2.37. The number of aromatic nitrogens is 5. The molecule has 0 radical (unpaired) electrons. The first kappa shape index (κ1) is 28.0. The van der Waals surface area contributed by atoms with Gasteiger partial charge in [0.2, 0.25) is 18.3 Å². The van der Waals surface area contributed by atoms with E-state index >= 15 is 0 Å². The summed E-state index contributed by atoms with van der Waals surface area (Å²) >= 11 is 0. The fourth-order valence-corrected chi connectivity index (χ4v) is 5.22. The number of imidazole rings is 1. The van der Waals surface area contributed by atoms with Crippen LogP contribution in [-0.2, 0) is 4.79 Å². The first-order valence-electron chi connectivity index (χ1n) is 13.4. The molecule has 14 heteroatoms. The summed E-state index contributed by atoms with van der Waals surface area (Å²) in [6.07, 6.45) is 1.92. The highest BCUT2D eigenvalue weighted by molar-refractivity contribution is 5.93. The van der Waals surface area contributed by atoms with E-state index in [-0.39, 0.29) is 49.6 Å². The average molecular weight is 566 g/mol. The predicted octanol–water partition coefficient (Wildman–Crippen LogP) is 4.58. The standard InChI is InChI=1S/C26H31F4N7O3/c1-13(24(27)28)9-20(38)33-22(15-3-4-15)17-10-19-32-18(12-37(19)31-11-17)23(16-5-7-26(29,30)8-6-16)34-25(39)21-14(2)35-40-36-21/h10-13,15-16,22-24H,3-9H2,1-2H3,(H,33,38)(H,34,39)/t13-,22+,23-/m0/s1. The predicted molar refractivity (Wildman–Crippen MR) is 133 cm³/mol. The van der Waals surface area contributed by atoms with Crippen molar-refractivity contribution in [1.82, 2.24) is 35.5 Å². The van der Waals surface area contributed by atoms with Crippen molar-refractivity contribution in [3.8, 4) is 0 Å². The van der Waals surface area contributed by atoms with Crippen molar-refractivity contribution in [2.45, 2.75) is 83.2 Å². The van der Waals surface area contributed by atoms with Crippen LogP contribution < -0.4 is 10.6 Å². The van der Waals surface area contributed by atoms with Crippen LogP contribution in [0.3, 0.4) is 0 Å². The van der Waals surface area contributed by atoms with Crippen molar-refractivity contribution in [3.63, 3.8) is 0 Å². The molecule has 2 amide bonds. The quantitative estimate of drug-likeness (QED) is 0.345. The van der Waals surface area contributed by atoms with Crippen LogP contribution in [0.2, 0.25) is 0 Å². The van der Waals surface area contributed by atoms with E-state index in [0.717, 1.165) is 12.8 Å². The van der Waals surface area contributed by atoms with Gasteiger partial charge >= 0.3 is 0 Å². The van der Waals surface area contributed by atoms with E-state index in [9.17, 15) is 27.2 Å². The van der Waals surface area contributed by atoms with Crippen molar-refractivity contribution < 1.29 is 31.8 Å². The van der Waals surface area contributed by atoms with Crippen LogP contribution in [0, 0.1) is 24.7 Å². The van der Waals surface area contributed by atoms with E-state index in [0.29, 0.717) is 22.6 Å². The molecule has 0 spiro atoms. The fraction of sp³-hybridized carbons (Fsp3) is 0.615. The summed E-state index contributed by atoms with van der Waals surface area (Å²) in [5.41, 5.74) is 1.86. The van der Waals surface area contributed by atoms with Crippen LogP contribution in [0.15, 0.2) is 23.1 Å². The molecule has 10 nitrogen and oxygen atoms in total. The maximum atomic E-state index is 13.9. The van der Waals surface area contributed by atoms with Crippen LogP contribution in [0.4, 0.5) is 17.6 Å². The highest BCUT2D eigenvalue weighted by atomic mass is 19.3. The molecule has 40 heavy (non-hydrogen) atoms. The van der Waals surface area contributed by atoms with Crippen molar-refractivity contribution in [2.24, 2.45) is 17.8 Å². The Labute approximate surface area is 227 Å². The second-order valence-corrected chi connectivity index (χ2v) is 11.0. The van der Waals surface area contributed by atoms with Crippen molar-refractivity contribution in [2.75, 3.05) is 0 Å². The SMILES string of the molecule is Cc1nonc1C(=O)N[C@H](c1cn2ncc([C@H](NC(=O)C[C@H](C)C(F)F)C3CC3)cc2n1)C1CCC(F)(F)CC1. The molecule has 3 heterocycles. The number of carbonyl (C=O) groups is 2. The van der Waals surface area contributed by atoms with Gasteiger partial charge in [-0.25, -0.2) is 31.7 Å². The summed E-state index contributed by atoms with van der Waals surface area (Å²) in [5.74, 6) is -4.95. The number of halogens is 4. The molecule has 0 bridgehead atoms. The Bertz CT molecular complexity index is 1360. The van der Waals surface area contributed by atoms with Crippen LogP contribution in [-0.4, -0.2) is 49.1 Å². The lowest BCUT2D eigenvalue weighted by atomic mass is 9.81. The molecule has 3 atom stereocenters.